The van der Waals surface area contributed by atoms with Crippen LogP contribution in [0.2, 0.25) is 0 Å². The number of hydrogen-bond acceptors (Lipinski definition) is 1. The fraction of sp³-hybridized carbons (Fsp3) is 0.286. The lowest BCUT2D eigenvalue weighted by Gasteiger charge is -2.28. The average Bonchev–Trinajstić information content (AvgIpc) is 3.44. The molecule has 1 unspecified atom stereocenters. The van der Waals surface area contributed by atoms with Crippen LogP contribution in [0.25, 0.3) is 6.08 Å². The van der Waals surface area contributed by atoms with Crippen molar-refractivity contribution in [3.05, 3.63) is 77.9 Å². The van der Waals surface area contributed by atoms with Crippen molar-refractivity contribution in [3.63, 3.8) is 0 Å². The van der Waals surface area contributed by atoms with E-state index in [1.165, 1.54) is 18.4 Å². The maximum absolute atomic E-state index is 12.7. The standard InChI is InChI=1S/C21H23NO/c1-17(20-13-14-20)22(16-19-10-6-3-7-11-19)21(23)15-12-18-8-4-2-5-9-18/h2-12,15,17,20H,13-14,16H2,1H3/b15-12+. The molecule has 2 heteroatoms. The van der Waals surface area contributed by atoms with Gasteiger partial charge < -0.3 is 4.90 Å². The van der Waals surface area contributed by atoms with Gasteiger partial charge in [0, 0.05) is 18.7 Å². The van der Waals surface area contributed by atoms with E-state index in [2.05, 4.69) is 19.1 Å². The van der Waals surface area contributed by atoms with Gasteiger partial charge in [-0.1, -0.05) is 60.7 Å². The number of nitrogens with zero attached hydrogens (tertiary/aromatic N) is 1. The zero-order chi connectivity index (χ0) is 16.1. The van der Waals surface area contributed by atoms with Crippen LogP contribution < -0.4 is 0 Å². The number of amides is 1. The minimum Gasteiger partial charge on any atom is -0.332 e. The smallest absolute Gasteiger partial charge is 0.247 e. The van der Waals surface area contributed by atoms with Crippen LogP contribution in [0.15, 0.2) is 66.7 Å². The molecule has 0 N–H and O–H groups in total. The molecule has 0 bridgehead atoms. The molecule has 1 fully saturated rings. The summed E-state index contributed by atoms with van der Waals surface area (Å²) in [7, 11) is 0. The number of benzene rings is 2. The average molecular weight is 305 g/mol. The maximum atomic E-state index is 12.7. The molecule has 0 heterocycles. The van der Waals surface area contributed by atoms with Gasteiger partial charge in [0.05, 0.1) is 0 Å². The summed E-state index contributed by atoms with van der Waals surface area (Å²) >= 11 is 0. The summed E-state index contributed by atoms with van der Waals surface area (Å²) in [6, 6.07) is 20.5. The highest BCUT2D eigenvalue weighted by Crippen LogP contribution is 2.35. The van der Waals surface area contributed by atoms with Gasteiger partial charge in [0.2, 0.25) is 5.91 Å². The van der Waals surface area contributed by atoms with Crippen LogP contribution in [0.4, 0.5) is 0 Å². The molecular formula is C21H23NO. The monoisotopic (exact) mass is 305 g/mol. The highest BCUT2D eigenvalue weighted by atomic mass is 16.2. The zero-order valence-corrected chi connectivity index (χ0v) is 13.6. The summed E-state index contributed by atoms with van der Waals surface area (Å²) in [6.07, 6.45) is 6.08. The molecule has 1 saturated carbocycles. The normalized spacial score (nSPS) is 15.5. The van der Waals surface area contributed by atoms with Gasteiger partial charge in [0.25, 0.3) is 0 Å². The molecule has 1 atom stereocenters. The van der Waals surface area contributed by atoms with Crippen LogP contribution in [-0.2, 0) is 11.3 Å². The van der Waals surface area contributed by atoms with Crippen molar-refractivity contribution >= 4 is 12.0 Å². The molecule has 0 aliphatic heterocycles. The molecule has 0 aromatic heterocycles. The van der Waals surface area contributed by atoms with Gasteiger partial charge >= 0.3 is 0 Å². The molecule has 1 aliphatic carbocycles. The fourth-order valence-corrected chi connectivity index (χ4v) is 2.86. The van der Waals surface area contributed by atoms with Crippen LogP contribution in [0.5, 0.6) is 0 Å². The molecule has 2 nitrogen and oxygen atoms in total. The van der Waals surface area contributed by atoms with Gasteiger partial charge in [-0.3, -0.25) is 4.79 Å². The largest absolute Gasteiger partial charge is 0.332 e. The highest BCUT2D eigenvalue weighted by Gasteiger charge is 2.33. The first-order chi connectivity index (χ1) is 11.2. The number of rotatable bonds is 6. The summed E-state index contributed by atoms with van der Waals surface area (Å²) in [5.74, 6) is 0.755. The lowest BCUT2D eigenvalue weighted by molar-refractivity contribution is -0.129. The van der Waals surface area contributed by atoms with E-state index in [0.717, 1.165) is 5.56 Å². The van der Waals surface area contributed by atoms with Gasteiger partial charge in [0.1, 0.15) is 0 Å². The number of carbonyl (C=O) groups is 1. The Kier molecular flexibility index (Phi) is 4.92. The van der Waals surface area contributed by atoms with Gasteiger partial charge in [-0.2, -0.15) is 0 Å². The highest BCUT2D eigenvalue weighted by molar-refractivity contribution is 5.92. The van der Waals surface area contributed by atoms with Crippen molar-refractivity contribution < 1.29 is 4.79 Å². The molecule has 3 rings (SSSR count). The van der Waals surface area contributed by atoms with Crippen LogP contribution >= 0.6 is 0 Å². The minimum absolute atomic E-state index is 0.0945. The molecule has 23 heavy (non-hydrogen) atoms. The lowest BCUT2D eigenvalue weighted by atomic mass is 10.1. The van der Waals surface area contributed by atoms with Crippen LogP contribution in [-0.4, -0.2) is 16.8 Å². The molecule has 0 spiro atoms. The summed E-state index contributed by atoms with van der Waals surface area (Å²) in [5.41, 5.74) is 2.24. The minimum atomic E-state index is 0.0945. The predicted octanol–water partition coefficient (Wildman–Crippen LogP) is 4.53. The molecule has 2 aromatic carbocycles. The van der Waals surface area contributed by atoms with Gasteiger partial charge in [-0.05, 0) is 42.9 Å². The van der Waals surface area contributed by atoms with Crippen molar-refractivity contribution in [1.29, 1.82) is 0 Å². The quantitative estimate of drug-likeness (QED) is 0.718. The van der Waals surface area contributed by atoms with Crippen molar-refractivity contribution in [1.82, 2.24) is 4.90 Å². The first kappa shape index (κ1) is 15.5. The Hall–Kier alpha value is -2.35. The molecule has 118 valence electrons. The van der Waals surface area contributed by atoms with Crippen molar-refractivity contribution in [2.75, 3.05) is 0 Å². The molecule has 0 radical (unpaired) electrons. The maximum Gasteiger partial charge on any atom is 0.247 e. The van der Waals surface area contributed by atoms with E-state index in [-0.39, 0.29) is 5.91 Å². The van der Waals surface area contributed by atoms with E-state index in [0.29, 0.717) is 18.5 Å². The third kappa shape index (κ3) is 4.32. The first-order valence-electron chi connectivity index (χ1n) is 8.31. The molecular weight excluding hydrogens is 282 g/mol. The van der Waals surface area contributed by atoms with Gasteiger partial charge in [-0.25, -0.2) is 0 Å². The summed E-state index contributed by atoms with van der Waals surface area (Å²) in [6.45, 7) is 2.85. The first-order valence-corrected chi connectivity index (χ1v) is 8.31. The van der Waals surface area contributed by atoms with E-state index < -0.39 is 0 Å². The zero-order valence-electron chi connectivity index (χ0n) is 13.6. The lowest BCUT2D eigenvalue weighted by Crippen LogP contribution is -2.38. The molecule has 2 aromatic rings. The SMILES string of the molecule is CC(C1CC1)N(Cc1ccccc1)C(=O)/C=C/c1ccccc1. The molecule has 0 saturated heterocycles. The number of hydrogen-bond donors (Lipinski definition) is 0. The topological polar surface area (TPSA) is 20.3 Å². The van der Waals surface area contributed by atoms with E-state index in [1.54, 1.807) is 6.08 Å². The van der Waals surface area contributed by atoms with Crippen molar-refractivity contribution in [2.45, 2.75) is 32.4 Å². The Morgan fingerprint density at radius 2 is 1.70 bits per heavy atom. The Morgan fingerprint density at radius 1 is 1.09 bits per heavy atom. The van der Waals surface area contributed by atoms with E-state index in [9.17, 15) is 4.79 Å². The number of carbonyl (C=O) groups excluding carboxylic acids is 1. The van der Waals surface area contributed by atoms with Crippen LogP contribution in [0.1, 0.15) is 30.9 Å². The Balaban J connectivity index is 1.74. The Bertz CT molecular complexity index is 659. The Morgan fingerprint density at radius 3 is 2.30 bits per heavy atom. The van der Waals surface area contributed by atoms with Crippen LogP contribution in [0, 0.1) is 5.92 Å². The van der Waals surface area contributed by atoms with Crippen molar-refractivity contribution in [3.8, 4) is 0 Å². The van der Waals surface area contributed by atoms with E-state index >= 15 is 0 Å². The fourth-order valence-electron chi connectivity index (χ4n) is 2.86. The summed E-state index contributed by atoms with van der Waals surface area (Å²) in [5, 5.41) is 0. The van der Waals surface area contributed by atoms with Crippen molar-refractivity contribution in [2.24, 2.45) is 5.92 Å². The Labute approximate surface area is 138 Å². The molecule has 1 amide bonds. The van der Waals surface area contributed by atoms with Gasteiger partial charge in [-0.15, -0.1) is 0 Å². The van der Waals surface area contributed by atoms with E-state index in [4.69, 9.17) is 0 Å². The second-order valence-electron chi connectivity index (χ2n) is 6.27. The third-order valence-electron chi connectivity index (χ3n) is 4.49. The second kappa shape index (κ2) is 7.28. The molecule has 1 aliphatic rings. The second-order valence-corrected chi connectivity index (χ2v) is 6.27. The van der Waals surface area contributed by atoms with E-state index in [1.807, 2.05) is 59.5 Å². The van der Waals surface area contributed by atoms with Gasteiger partial charge in [0.15, 0.2) is 0 Å². The van der Waals surface area contributed by atoms with Crippen LogP contribution in [0.3, 0.4) is 0 Å². The third-order valence-corrected chi connectivity index (χ3v) is 4.49. The summed E-state index contributed by atoms with van der Waals surface area (Å²) < 4.78 is 0. The predicted molar refractivity (Wildman–Crippen MR) is 94.7 cm³/mol. The summed E-state index contributed by atoms with van der Waals surface area (Å²) in [4.78, 5) is 14.7.